The van der Waals surface area contributed by atoms with Crippen LogP contribution in [0.1, 0.15) is 30.8 Å². The molecule has 0 radical (unpaired) electrons. The molecule has 3 aliphatic rings. The van der Waals surface area contributed by atoms with Crippen molar-refractivity contribution < 1.29 is 28.9 Å². The van der Waals surface area contributed by atoms with Crippen molar-refractivity contribution in [3.8, 4) is 5.88 Å². The van der Waals surface area contributed by atoms with Crippen molar-refractivity contribution in [2.45, 2.75) is 38.2 Å². The lowest BCUT2D eigenvalue weighted by molar-refractivity contribution is -0.141. The molecule has 0 saturated carbocycles. The Labute approximate surface area is 189 Å². The molecule has 2 aromatic heterocycles. The van der Waals surface area contributed by atoms with Crippen LogP contribution in [0.3, 0.4) is 0 Å². The zero-order chi connectivity index (χ0) is 23.2. The molecule has 33 heavy (non-hydrogen) atoms. The number of pyridine rings is 1. The minimum Gasteiger partial charge on any atom is -0.477 e. The van der Waals surface area contributed by atoms with Crippen LogP contribution < -0.4 is 19.9 Å². The van der Waals surface area contributed by atoms with Gasteiger partial charge >= 0.3 is 12.0 Å². The third-order valence-electron chi connectivity index (χ3n) is 5.75. The van der Waals surface area contributed by atoms with Crippen molar-refractivity contribution in [1.82, 2.24) is 15.2 Å². The van der Waals surface area contributed by atoms with E-state index in [9.17, 15) is 14.7 Å². The van der Waals surface area contributed by atoms with Crippen molar-refractivity contribution in [3.63, 3.8) is 0 Å². The second-order valence-corrected chi connectivity index (χ2v) is 8.55. The number of rotatable bonds is 5. The van der Waals surface area contributed by atoms with Gasteiger partial charge in [0.05, 0.1) is 18.3 Å². The Morgan fingerprint density at radius 1 is 1.27 bits per heavy atom. The zero-order valence-electron chi connectivity index (χ0n) is 18.2. The molecule has 2 amide bonds. The van der Waals surface area contributed by atoms with E-state index in [-0.39, 0.29) is 30.3 Å². The number of carbonyl (C=O) groups is 2. The Balaban J connectivity index is 1.26. The molecule has 12 heteroatoms. The van der Waals surface area contributed by atoms with Crippen molar-refractivity contribution >= 4 is 29.3 Å². The van der Waals surface area contributed by atoms with E-state index in [1.807, 2.05) is 13.8 Å². The van der Waals surface area contributed by atoms with Crippen LogP contribution in [0.5, 0.6) is 5.88 Å². The summed E-state index contributed by atoms with van der Waals surface area (Å²) >= 11 is 0. The van der Waals surface area contributed by atoms with Gasteiger partial charge in [0, 0.05) is 19.2 Å². The molecule has 0 spiro atoms. The first kappa shape index (κ1) is 21.3. The van der Waals surface area contributed by atoms with Crippen LogP contribution in [0.15, 0.2) is 24.3 Å². The summed E-state index contributed by atoms with van der Waals surface area (Å²) in [6.07, 6.45) is 0.559. The van der Waals surface area contributed by atoms with E-state index in [0.29, 0.717) is 24.8 Å². The number of ether oxygens (including phenoxy) is 3. The second kappa shape index (κ2) is 8.12. The smallest absolute Gasteiger partial charge is 0.354 e. The van der Waals surface area contributed by atoms with Crippen LogP contribution in [0.25, 0.3) is 0 Å². The number of fused-ring (bicyclic) bond motifs is 4. The SMILES string of the molecule is CC1(C)OCC(COc2ccc(NC(=O)N3c4nc(C(=O)O)ccc4N4CC[C@H]3C4)nn2)O1. The molecule has 5 rings (SSSR count). The Morgan fingerprint density at radius 2 is 2.12 bits per heavy atom. The number of nitrogens with zero attached hydrogens (tertiary/aromatic N) is 5. The van der Waals surface area contributed by atoms with Gasteiger partial charge in [-0.15, -0.1) is 10.2 Å². The van der Waals surface area contributed by atoms with Gasteiger partial charge in [-0.3, -0.25) is 10.2 Å². The molecule has 0 aliphatic carbocycles. The average Bonchev–Trinajstić information content (AvgIpc) is 3.36. The number of carbonyl (C=O) groups excluding carboxylic acids is 1. The molecule has 2 N–H and O–H groups in total. The van der Waals surface area contributed by atoms with Crippen molar-refractivity contribution in [2.24, 2.45) is 0 Å². The van der Waals surface area contributed by atoms with Crippen LogP contribution >= 0.6 is 0 Å². The molecular formula is C21H24N6O6. The second-order valence-electron chi connectivity index (χ2n) is 8.55. The number of aromatic nitrogens is 3. The van der Waals surface area contributed by atoms with Crippen molar-refractivity contribution in [3.05, 3.63) is 30.0 Å². The molecule has 0 aromatic carbocycles. The summed E-state index contributed by atoms with van der Waals surface area (Å²) in [5.74, 6) is -0.910. The number of urea groups is 1. The molecule has 12 nitrogen and oxygen atoms in total. The molecule has 2 aromatic rings. The fourth-order valence-electron chi connectivity index (χ4n) is 4.25. The summed E-state index contributed by atoms with van der Waals surface area (Å²) in [5.41, 5.74) is 0.621. The average molecular weight is 456 g/mol. The van der Waals surface area contributed by atoms with Crippen LogP contribution in [-0.4, -0.2) is 76.5 Å². The van der Waals surface area contributed by atoms with Crippen LogP contribution in [0.4, 0.5) is 22.1 Å². The summed E-state index contributed by atoms with van der Waals surface area (Å²) in [7, 11) is 0. The first-order valence-electron chi connectivity index (χ1n) is 10.7. The molecule has 2 atom stereocenters. The highest BCUT2D eigenvalue weighted by Crippen LogP contribution is 2.39. The Bertz CT molecular complexity index is 1080. The van der Waals surface area contributed by atoms with Gasteiger partial charge in [-0.1, -0.05) is 0 Å². The van der Waals surface area contributed by atoms with E-state index in [1.54, 1.807) is 18.2 Å². The summed E-state index contributed by atoms with van der Waals surface area (Å²) in [6.45, 7) is 5.81. The van der Waals surface area contributed by atoms with Gasteiger partial charge in [-0.25, -0.2) is 14.6 Å². The van der Waals surface area contributed by atoms with E-state index in [0.717, 1.165) is 18.7 Å². The molecule has 1 unspecified atom stereocenters. The first-order chi connectivity index (χ1) is 15.8. The summed E-state index contributed by atoms with van der Waals surface area (Å²) < 4.78 is 16.8. The lowest BCUT2D eigenvalue weighted by Gasteiger charge is -2.35. The Hall–Kier alpha value is -3.51. The fraction of sp³-hybridized carbons (Fsp3) is 0.476. The van der Waals surface area contributed by atoms with Gasteiger partial charge in [0.2, 0.25) is 5.88 Å². The Kier molecular flexibility index (Phi) is 5.25. The highest BCUT2D eigenvalue weighted by Gasteiger charge is 2.40. The minimum absolute atomic E-state index is 0.109. The van der Waals surface area contributed by atoms with Gasteiger partial charge in [0.15, 0.2) is 23.1 Å². The van der Waals surface area contributed by atoms with Gasteiger partial charge < -0.3 is 24.2 Å². The summed E-state index contributed by atoms with van der Waals surface area (Å²) in [5, 5.41) is 20.1. The highest BCUT2D eigenvalue weighted by molar-refractivity contribution is 6.04. The van der Waals surface area contributed by atoms with Gasteiger partial charge in [0.25, 0.3) is 0 Å². The van der Waals surface area contributed by atoms with E-state index in [4.69, 9.17) is 14.2 Å². The predicted octanol–water partition coefficient (Wildman–Crippen LogP) is 1.73. The topological polar surface area (TPSA) is 139 Å². The molecular weight excluding hydrogens is 432 g/mol. The van der Waals surface area contributed by atoms with Crippen molar-refractivity contribution in [2.75, 3.05) is 41.4 Å². The standard InChI is InChI=1S/C21H24N6O6/c1-21(2)32-11-13(33-21)10-31-17-6-5-16(24-25-17)23-20(30)27-12-7-8-26(9-12)15-4-3-14(19(28)29)22-18(15)27/h3-6,12-13H,7-11H2,1-2H3,(H,28,29)(H,23,24,30)/t12-,13?/m0/s1. The van der Waals surface area contributed by atoms with Gasteiger partial charge in [-0.05, 0) is 38.5 Å². The highest BCUT2D eigenvalue weighted by atomic mass is 16.7. The maximum Gasteiger partial charge on any atom is 0.354 e. The number of aromatic carboxylic acids is 1. The molecule has 5 heterocycles. The molecule has 3 aliphatic heterocycles. The first-order valence-corrected chi connectivity index (χ1v) is 10.7. The number of amides is 2. The number of nitrogens with one attached hydrogen (secondary N) is 1. The maximum absolute atomic E-state index is 13.1. The van der Waals surface area contributed by atoms with Gasteiger partial charge in [-0.2, -0.15) is 0 Å². The quantitative estimate of drug-likeness (QED) is 0.684. The number of anilines is 3. The summed E-state index contributed by atoms with van der Waals surface area (Å²) in [6, 6.07) is 5.78. The lowest BCUT2D eigenvalue weighted by Crippen LogP contribution is -2.48. The van der Waals surface area contributed by atoms with E-state index >= 15 is 0 Å². The van der Waals surface area contributed by atoms with Crippen LogP contribution in [0, 0.1) is 0 Å². The van der Waals surface area contributed by atoms with E-state index in [1.165, 1.54) is 11.0 Å². The third kappa shape index (κ3) is 4.26. The van der Waals surface area contributed by atoms with Crippen molar-refractivity contribution in [1.29, 1.82) is 0 Å². The number of hydrogen-bond donors (Lipinski definition) is 2. The van der Waals surface area contributed by atoms with Crippen LogP contribution in [-0.2, 0) is 9.47 Å². The fourth-order valence-corrected chi connectivity index (χ4v) is 4.25. The number of carboxylic acids is 1. The molecule has 2 saturated heterocycles. The molecule has 174 valence electrons. The van der Waals surface area contributed by atoms with E-state index in [2.05, 4.69) is 25.4 Å². The number of hydrogen-bond acceptors (Lipinski definition) is 9. The molecule has 2 fully saturated rings. The summed E-state index contributed by atoms with van der Waals surface area (Å²) in [4.78, 5) is 32.4. The minimum atomic E-state index is -1.15. The van der Waals surface area contributed by atoms with E-state index < -0.39 is 17.8 Å². The number of carboxylic acid groups (broad SMARTS) is 1. The largest absolute Gasteiger partial charge is 0.477 e. The normalized spacial score (nSPS) is 22.7. The van der Waals surface area contributed by atoms with Gasteiger partial charge in [0.1, 0.15) is 12.7 Å². The lowest BCUT2D eigenvalue weighted by atomic mass is 10.2. The Morgan fingerprint density at radius 3 is 2.82 bits per heavy atom. The predicted molar refractivity (Wildman–Crippen MR) is 116 cm³/mol. The zero-order valence-corrected chi connectivity index (χ0v) is 18.2. The monoisotopic (exact) mass is 456 g/mol. The molecule has 2 bridgehead atoms. The third-order valence-corrected chi connectivity index (χ3v) is 5.75. The van der Waals surface area contributed by atoms with Crippen LogP contribution in [0.2, 0.25) is 0 Å². The maximum atomic E-state index is 13.1.